The molecular formula is C6H7NNaO3S-. The minimum Gasteiger partial charge on any atom is -1.00 e. The van der Waals surface area contributed by atoms with Gasteiger partial charge in [-0.15, -0.1) is 0 Å². The Morgan fingerprint density at radius 3 is 2.58 bits per heavy atom. The Hall–Kier alpha value is -0.0700. The van der Waals surface area contributed by atoms with Gasteiger partial charge in [0.2, 0.25) is 0 Å². The van der Waals surface area contributed by atoms with Gasteiger partial charge in [-0.2, -0.15) is 0 Å². The van der Waals surface area contributed by atoms with Crippen LogP contribution in [0.15, 0.2) is 23.1 Å². The van der Waals surface area contributed by atoms with Crippen LogP contribution in [0.2, 0.25) is 0 Å². The van der Waals surface area contributed by atoms with Crippen molar-refractivity contribution in [3.05, 3.63) is 18.2 Å². The van der Waals surface area contributed by atoms with E-state index in [-0.39, 0.29) is 47.3 Å². The van der Waals surface area contributed by atoms with Crippen molar-refractivity contribution >= 4 is 16.8 Å². The van der Waals surface area contributed by atoms with Crippen LogP contribution in [0.1, 0.15) is 1.43 Å². The molecule has 0 heterocycles. The maximum atomic E-state index is 10.3. The first kappa shape index (κ1) is 11.9. The normalized spacial score (nSPS) is 11.8. The molecule has 62 valence electrons. The van der Waals surface area contributed by atoms with E-state index in [1.165, 1.54) is 18.2 Å². The molecule has 0 amide bonds. The van der Waals surface area contributed by atoms with Gasteiger partial charge >= 0.3 is 29.6 Å². The number of hydrogen-bond acceptors (Lipinski definition) is 4. The molecule has 0 saturated carbocycles. The molecule has 0 radical (unpaired) electrons. The molecule has 0 saturated heterocycles. The van der Waals surface area contributed by atoms with Crippen molar-refractivity contribution in [2.45, 2.75) is 4.90 Å². The molecule has 0 bridgehead atoms. The number of nitrogens with two attached hydrogens (primary N) is 1. The number of aromatic hydroxyl groups is 1. The van der Waals surface area contributed by atoms with Crippen molar-refractivity contribution in [3.63, 3.8) is 0 Å². The van der Waals surface area contributed by atoms with E-state index in [0.717, 1.165) is 0 Å². The second-order valence-electron chi connectivity index (χ2n) is 1.96. The standard InChI is InChI=1S/C6H7NO3S.Na.H/c7-5-3-4(11(9)10)1-2-6(5)8;;/h1-3,8H,7H2,(H,9,10);;/q;+1;-1/p-1. The third kappa shape index (κ3) is 2.76. The van der Waals surface area contributed by atoms with E-state index in [0.29, 0.717) is 0 Å². The van der Waals surface area contributed by atoms with E-state index in [2.05, 4.69) is 0 Å². The molecule has 12 heavy (non-hydrogen) atoms. The minimum absolute atomic E-state index is 0. The van der Waals surface area contributed by atoms with Crippen molar-refractivity contribution in [3.8, 4) is 5.75 Å². The molecule has 0 aliphatic heterocycles. The van der Waals surface area contributed by atoms with Crippen LogP contribution in [-0.2, 0) is 11.1 Å². The number of anilines is 1. The molecule has 0 aromatic heterocycles. The molecule has 0 aliphatic rings. The molecular weight excluding hydrogens is 189 g/mol. The molecule has 0 fully saturated rings. The minimum atomic E-state index is -2.29. The van der Waals surface area contributed by atoms with E-state index in [9.17, 15) is 8.76 Å². The zero-order valence-electron chi connectivity index (χ0n) is 7.48. The number of rotatable bonds is 1. The fourth-order valence-electron chi connectivity index (χ4n) is 0.636. The average molecular weight is 196 g/mol. The molecule has 1 rings (SSSR count). The van der Waals surface area contributed by atoms with Gasteiger partial charge in [0.05, 0.1) is 5.69 Å². The summed E-state index contributed by atoms with van der Waals surface area (Å²) in [6, 6.07) is 3.70. The quantitative estimate of drug-likeness (QED) is 0.222. The fourth-order valence-corrected chi connectivity index (χ4v) is 1.04. The molecule has 1 aromatic rings. The van der Waals surface area contributed by atoms with Gasteiger partial charge < -0.3 is 16.8 Å². The molecule has 4 nitrogen and oxygen atoms in total. The Labute approximate surface area is 95.8 Å². The molecule has 0 aliphatic carbocycles. The number of phenols is 1. The van der Waals surface area contributed by atoms with E-state index >= 15 is 0 Å². The Morgan fingerprint density at radius 1 is 1.58 bits per heavy atom. The van der Waals surface area contributed by atoms with Crippen LogP contribution in [0.4, 0.5) is 5.69 Å². The summed E-state index contributed by atoms with van der Waals surface area (Å²) in [5.41, 5.74) is 5.30. The smallest absolute Gasteiger partial charge is 1.00 e. The van der Waals surface area contributed by atoms with Crippen LogP contribution in [-0.4, -0.2) is 13.9 Å². The first-order valence-corrected chi connectivity index (χ1v) is 3.86. The number of benzene rings is 1. The number of hydrogen-bond donors (Lipinski definition) is 2. The van der Waals surface area contributed by atoms with Gasteiger partial charge in [-0.05, 0) is 29.3 Å². The Kier molecular flexibility index (Phi) is 4.81. The monoisotopic (exact) mass is 196 g/mol. The predicted octanol–water partition coefficient (Wildman–Crippen LogP) is -2.67. The molecule has 3 N–H and O–H groups in total. The van der Waals surface area contributed by atoms with Crippen LogP contribution in [0.3, 0.4) is 0 Å². The molecule has 6 heteroatoms. The molecule has 1 atom stereocenters. The van der Waals surface area contributed by atoms with Crippen LogP contribution in [0.5, 0.6) is 5.75 Å². The largest absolute Gasteiger partial charge is 1.00 e. The van der Waals surface area contributed by atoms with Gasteiger partial charge in [0, 0.05) is 4.90 Å². The Balaban J connectivity index is 0. The summed E-state index contributed by atoms with van der Waals surface area (Å²) in [5.74, 6) is -0.112. The average Bonchev–Trinajstić information content (AvgIpc) is 1.94. The summed E-state index contributed by atoms with van der Waals surface area (Å²) in [7, 11) is 0. The first-order chi connectivity index (χ1) is 5.11. The van der Waals surface area contributed by atoms with Gasteiger partial charge in [-0.1, -0.05) is 0 Å². The van der Waals surface area contributed by atoms with Crippen molar-refractivity contribution in [1.29, 1.82) is 0 Å². The Morgan fingerprint density at radius 2 is 2.17 bits per heavy atom. The van der Waals surface area contributed by atoms with Crippen LogP contribution in [0, 0.1) is 0 Å². The van der Waals surface area contributed by atoms with Crippen LogP contribution < -0.4 is 35.3 Å². The maximum Gasteiger partial charge on any atom is 1.00 e. The second-order valence-corrected chi connectivity index (χ2v) is 2.90. The van der Waals surface area contributed by atoms with Crippen LogP contribution >= 0.6 is 0 Å². The third-order valence-electron chi connectivity index (χ3n) is 1.19. The SMILES string of the molecule is Nc1cc(S(=O)[O-])ccc1O.[H-].[Na+]. The third-order valence-corrected chi connectivity index (χ3v) is 1.83. The number of phenolic OH excluding ortho intramolecular Hbond substituents is 1. The summed E-state index contributed by atoms with van der Waals surface area (Å²) in [6.07, 6.45) is 0. The molecule has 1 unspecified atom stereocenters. The summed E-state index contributed by atoms with van der Waals surface area (Å²) in [5, 5.41) is 8.90. The summed E-state index contributed by atoms with van der Waals surface area (Å²) in [4.78, 5) is 0.0697. The fraction of sp³-hybridized carbons (Fsp3) is 0. The maximum absolute atomic E-state index is 10.3. The van der Waals surface area contributed by atoms with E-state index in [1.54, 1.807) is 0 Å². The van der Waals surface area contributed by atoms with E-state index < -0.39 is 11.1 Å². The Bertz CT molecular complexity index is 310. The summed E-state index contributed by atoms with van der Waals surface area (Å²) >= 11 is -2.29. The van der Waals surface area contributed by atoms with Crippen molar-refractivity contribution in [1.82, 2.24) is 0 Å². The van der Waals surface area contributed by atoms with Crippen molar-refractivity contribution < 1.29 is 44.9 Å². The van der Waals surface area contributed by atoms with Gasteiger partial charge in [-0.3, -0.25) is 4.21 Å². The summed E-state index contributed by atoms with van der Waals surface area (Å²) in [6.45, 7) is 0. The number of nitrogen functional groups attached to an aromatic ring is 1. The van der Waals surface area contributed by atoms with Crippen molar-refractivity contribution in [2.24, 2.45) is 0 Å². The van der Waals surface area contributed by atoms with Crippen molar-refractivity contribution in [2.75, 3.05) is 5.73 Å². The van der Waals surface area contributed by atoms with Gasteiger partial charge in [-0.25, -0.2) is 0 Å². The topological polar surface area (TPSA) is 86.4 Å². The predicted molar refractivity (Wildman–Crippen MR) is 40.8 cm³/mol. The first-order valence-electron chi connectivity index (χ1n) is 2.79. The zero-order valence-corrected chi connectivity index (χ0v) is 9.30. The van der Waals surface area contributed by atoms with E-state index in [1.807, 2.05) is 0 Å². The second kappa shape index (κ2) is 4.84. The molecule has 1 aromatic carbocycles. The van der Waals surface area contributed by atoms with E-state index in [4.69, 9.17) is 10.8 Å². The van der Waals surface area contributed by atoms with Gasteiger partial charge in [0.15, 0.2) is 0 Å². The van der Waals surface area contributed by atoms with Gasteiger partial charge in [0.25, 0.3) is 0 Å². The van der Waals surface area contributed by atoms with Crippen LogP contribution in [0.25, 0.3) is 0 Å². The molecule has 0 spiro atoms. The van der Waals surface area contributed by atoms with Gasteiger partial charge in [0.1, 0.15) is 5.75 Å². The zero-order chi connectivity index (χ0) is 8.43. The summed E-state index contributed by atoms with van der Waals surface area (Å²) < 4.78 is 20.7.